The Labute approximate surface area is 242 Å². The predicted octanol–water partition coefficient (Wildman–Crippen LogP) is 3.70. The summed E-state index contributed by atoms with van der Waals surface area (Å²) in [5.74, 6) is 0.130. The number of hydrogen-bond donors (Lipinski definition) is 1. The number of aryl methyl sites for hydroxylation is 1. The van der Waals surface area contributed by atoms with Gasteiger partial charge in [-0.25, -0.2) is 8.42 Å². The van der Waals surface area contributed by atoms with E-state index in [1.54, 1.807) is 18.2 Å². The number of anilines is 1. The van der Waals surface area contributed by atoms with Gasteiger partial charge >= 0.3 is 0 Å². The minimum Gasteiger partial charge on any atom is -0.486 e. The maximum Gasteiger partial charge on any atom is 0.244 e. The van der Waals surface area contributed by atoms with E-state index in [0.717, 1.165) is 33.7 Å². The third-order valence-corrected chi connectivity index (χ3v) is 7.89. The Balaban J connectivity index is 1.72. The fourth-order valence-electron chi connectivity index (χ4n) is 4.73. The minimum atomic E-state index is -3.88. The van der Waals surface area contributed by atoms with Crippen molar-refractivity contribution in [2.45, 2.75) is 39.3 Å². The van der Waals surface area contributed by atoms with Crippen molar-refractivity contribution in [2.24, 2.45) is 0 Å². The summed E-state index contributed by atoms with van der Waals surface area (Å²) in [6, 6.07) is 21.1. The second-order valence-corrected chi connectivity index (χ2v) is 12.0. The van der Waals surface area contributed by atoms with Crippen LogP contribution in [0.25, 0.3) is 0 Å². The van der Waals surface area contributed by atoms with Crippen LogP contribution in [0.4, 0.5) is 5.69 Å². The van der Waals surface area contributed by atoms with Gasteiger partial charge in [0.1, 0.15) is 25.8 Å². The maximum absolute atomic E-state index is 14.1. The summed E-state index contributed by atoms with van der Waals surface area (Å²) in [7, 11) is -3.88. The number of nitrogens with zero attached hydrogens (tertiary/aromatic N) is 2. The van der Waals surface area contributed by atoms with E-state index >= 15 is 0 Å². The van der Waals surface area contributed by atoms with E-state index in [4.69, 9.17) is 9.47 Å². The van der Waals surface area contributed by atoms with Gasteiger partial charge in [-0.2, -0.15) is 0 Å². The highest BCUT2D eigenvalue weighted by atomic mass is 32.2. The van der Waals surface area contributed by atoms with Crippen molar-refractivity contribution in [3.05, 3.63) is 89.5 Å². The van der Waals surface area contributed by atoms with Crippen molar-refractivity contribution >= 4 is 27.5 Å². The van der Waals surface area contributed by atoms with Crippen LogP contribution in [0.1, 0.15) is 30.0 Å². The molecule has 0 spiro atoms. The van der Waals surface area contributed by atoms with Gasteiger partial charge in [-0.3, -0.25) is 13.9 Å². The third kappa shape index (κ3) is 8.00. The van der Waals surface area contributed by atoms with Gasteiger partial charge < -0.3 is 19.7 Å². The van der Waals surface area contributed by atoms with Gasteiger partial charge in [0.15, 0.2) is 11.5 Å². The molecule has 0 aromatic heterocycles. The lowest BCUT2D eigenvalue weighted by Crippen LogP contribution is -2.53. The molecule has 9 nitrogen and oxygen atoms in total. The molecule has 1 N–H and O–H groups in total. The Bertz CT molecular complexity index is 1460. The van der Waals surface area contributed by atoms with Crippen LogP contribution >= 0.6 is 0 Å². The molecule has 3 aromatic rings. The number of rotatable bonds is 12. The molecule has 2 amide bonds. The number of nitrogens with one attached hydrogen (secondary N) is 1. The fourth-order valence-corrected chi connectivity index (χ4v) is 5.57. The van der Waals surface area contributed by atoms with E-state index in [9.17, 15) is 18.0 Å². The third-order valence-electron chi connectivity index (χ3n) is 6.75. The molecule has 4 rings (SSSR count). The first-order valence-electron chi connectivity index (χ1n) is 13.7. The number of amides is 2. The van der Waals surface area contributed by atoms with Crippen LogP contribution in [-0.4, -0.2) is 63.7 Å². The molecule has 10 heteroatoms. The van der Waals surface area contributed by atoms with Crippen molar-refractivity contribution in [3.8, 4) is 11.5 Å². The zero-order valence-corrected chi connectivity index (χ0v) is 24.5. The maximum atomic E-state index is 14.1. The molecule has 1 aliphatic rings. The highest BCUT2D eigenvalue weighted by molar-refractivity contribution is 7.92. The standard InChI is InChI=1S/C31H37N3O6S/c1-4-15-32-31(36)27(19-24-10-6-5-7-11-24)33(21-25-12-8-9-23(2)18-25)30(35)22-34(41(3,37)38)26-13-14-28-29(20-26)40-17-16-39-28/h5-14,18,20,27H,4,15-17,19,21-22H2,1-3H3,(H,32,36)/t27-/m0/s1. The van der Waals surface area contributed by atoms with E-state index in [1.807, 2.05) is 68.4 Å². The largest absolute Gasteiger partial charge is 0.486 e. The first-order chi connectivity index (χ1) is 19.7. The van der Waals surface area contributed by atoms with Gasteiger partial charge in [-0.05, 0) is 36.6 Å². The van der Waals surface area contributed by atoms with Crippen LogP contribution in [0.5, 0.6) is 11.5 Å². The Morgan fingerprint density at radius 2 is 1.63 bits per heavy atom. The molecule has 1 atom stereocenters. The normalized spacial score (nSPS) is 13.2. The highest BCUT2D eigenvalue weighted by Crippen LogP contribution is 2.34. The fraction of sp³-hybridized carbons (Fsp3) is 0.355. The number of ether oxygens (including phenoxy) is 2. The van der Waals surface area contributed by atoms with E-state index in [-0.39, 0.29) is 24.6 Å². The molecule has 1 aliphatic heterocycles. The summed E-state index contributed by atoms with van der Waals surface area (Å²) in [4.78, 5) is 29.2. The Kier molecular flexibility index (Phi) is 9.88. The SMILES string of the molecule is CCCNC(=O)[C@H](Cc1ccccc1)N(Cc1cccc(C)c1)C(=O)CN(c1ccc2c(c1)OCCO2)S(C)(=O)=O. The van der Waals surface area contributed by atoms with Gasteiger partial charge in [0.05, 0.1) is 11.9 Å². The summed E-state index contributed by atoms with van der Waals surface area (Å²) in [5.41, 5.74) is 3.01. The summed E-state index contributed by atoms with van der Waals surface area (Å²) < 4.78 is 38.3. The molecule has 0 radical (unpaired) electrons. The van der Waals surface area contributed by atoms with E-state index in [2.05, 4.69) is 5.32 Å². The number of carbonyl (C=O) groups is 2. The van der Waals surface area contributed by atoms with Crippen LogP contribution < -0.4 is 19.1 Å². The van der Waals surface area contributed by atoms with Crippen molar-refractivity contribution in [2.75, 3.05) is 36.9 Å². The lowest BCUT2D eigenvalue weighted by atomic mass is 10.0. The first-order valence-corrected chi connectivity index (χ1v) is 15.5. The topological polar surface area (TPSA) is 105 Å². The highest BCUT2D eigenvalue weighted by Gasteiger charge is 2.33. The molecular weight excluding hydrogens is 542 g/mol. The second-order valence-electron chi connectivity index (χ2n) is 10.1. The van der Waals surface area contributed by atoms with Crippen molar-refractivity contribution in [1.29, 1.82) is 0 Å². The average molecular weight is 580 g/mol. The molecule has 0 saturated heterocycles. The van der Waals surface area contributed by atoms with Crippen molar-refractivity contribution < 1.29 is 27.5 Å². The van der Waals surface area contributed by atoms with Crippen LogP contribution in [0, 0.1) is 6.92 Å². The van der Waals surface area contributed by atoms with Crippen LogP contribution in [-0.2, 0) is 32.6 Å². The molecule has 218 valence electrons. The summed E-state index contributed by atoms with van der Waals surface area (Å²) >= 11 is 0. The zero-order chi connectivity index (χ0) is 29.4. The molecule has 3 aromatic carbocycles. The number of sulfonamides is 1. The molecule has 41 heavy (non-hydrogen) atoms. The van der Waals surface area contributed by atoms with Crippen molar-refractivity contribution in [1.82, 2.24) is 10.2 Å². The van der Waals surface area contributed by atoms with Crippen LogP contribution in [0.15, 0.2) is 72.8 Å². The molecule has 0 unspecified atom stereocenters. The molecule has 0 bridgehead atoms. The first kappa shape index (κ1) is 29.9. The van der Waals surface area contributed by atoms with Crippen molar-refractivity contribution in [3.63, 3.8) is 0 Å². The second kappa shape index (κ2) is 13.5. The lowest BCUT2D eigenvalue weighted by Gasteiger charge is -2.33. The van der Waals surface area contributed by atoms with E-state index < -0.39 is 28.5 Å². The summed E-state index contributed by atoms with van der Waals surface area (Å²) in [6.07, 6.45) is 2.07. The van der Waals surface area contributed by atoms with Gasteiger partial charge in [-0.1, -0.05) is 67.1 Å². The number of fused-ring (bicyclic) bond motifs is 1. The molecule has 0 fully saturated rings. The summed E-state index contributed by atoms with van der Waals surface area (Å²) in [6.45, 7) is 4.76. The molecular formula is C31H37N3O6S. The number of hydrogen-bond acceptors (Lipinski definition) is 6. The molecule has 0 aliphatic carbocycles. The quantitative estimate of drug-likeness (QED) is 0.351. The van der Waals surface area contributed by atoms with Gasteiger partial charge in [0.25, 0.3) is 0 Å². The minimum absolute atomic E-state index is 0.135. The number of carbonyl (C=O) groups excluding carboxylic acids is 2. The van der Waals surface area contributed by atoms with E-state index in [1.165, 1.54) is 4.90 Å². The zero-order valence-electron chi connectivity index (χ0n) is 23.7. The monoisotopic (exact) mass is 579 g/mol. The summed E-state index contributed by atoms with van der Waals surface area (Å²) in [5, 5.41) is 2.94. The average Bonchev–Trinajstić information content (AvgIpc) is 2.96. The predicted molar refractivity (Wildman–Crippen MR) is 159 cm³/mol. The molecule has 1 heterocycles. The van der Waals surface area contributed by atoms with E-state index in [0.29, 0.717) is 31.3 Å². The Morgan fingerprint density at radius 3 is 2.32 bits per heavy atom. The lowest BCUT2D eigenvalue weighted by molar-refractivity contribution is -0.140. The Hall–Kier alpha value is -4.05. The van der Waals surface area contributed by atoms with Gasteiger partial charge in [-0.15, -0.1) is 0 Å². The number of benzene rings is 3. The Morgan fingerprint density at radius 1 is 0.927 bits per heavy atom. The van der Waals surface area contributed by atoms with Crippen LogP contribution in [0.3, 0.4) is 0 Å². The molecule has 0 saturated carbocycles. The van der Waals surface area contributed by atoms with Crippen LogP contribution in [0.2, 0.25) is 0 Å². The van der Waals surface area contributed by atoms with Gasteiger partial charge in [0.2, 0.25) is 21.8 Å². The smallest absolute Gasteiger partial charge is 0.244 e. The van der Waals surface area contributed by atoms with Gasteiger partial charge in [0, 0.05) is 25.6 Å².